The Morgan fingerprint density at radius 1 is 1.00 bits per heavy atom. The first-order chi connectivity index (χ1) is 0. The Hall–Kier alpha value is 3.01. The molecule has 4 heavy (non-hydrogen) atoms. The molecule has 0 saturated carbocycles. The van der Waals surface area contributed by atoms with Crippen molar-refractivity contribution in [1.29, 1.82) is 0 Å². The number of hydrogen-bond acceptors (Lipinski definition) is 0. The van der Waals surface area contributed by atoms with Crippen molar-refractivity contribution in [2.75, 3.05) is 0 Å². The van der Waals surface area contributed by atoms with Crippen LogP contribution >= 0.6 is 0 Å². The third-order valence-electron chi connectivity index (χ3n) is 0. The van der Waals surface area contributed by atoms with Crippen molar-refractivity contribution >= 4 is 28.3 Å². The Labute approximate surface area is 94.1 Å². The fourth-order valence-electron chi connectivity index (χ4n) is 0. The van der Waals surface area contributed by atoms with E-state index in [0.717, 1.165) is 0 Å². The summed E-state index contributed by atoms with van der Waals surface area (Å²) >= 11 is 0. The van der Waals surface area contributed by atoms with Crippen molar-refractivity contribution in [3.8, 4) is 0 Å². The molecule has 0 atom stereocenters. The molecule has 0 aliphatic heterocycles. The summed E-state index contributed by atoms with van der Waals surface area (Å²) in [4.78, 5) is 0. The van der Waals surface area contributed by atoms with Gasteiger partial charge < -0.3 is 0 Å². The predicted octanol–water partition coefficient (Wildman–Crippen LogP) is -2.10. The van der Waals surface area contributed by atoms with E-state index < -0.39 is 0 Å². The van der Waals surface area contributed by atoms with Gasteiger partial charge in [-0.3, -0.25) is 0 Å². The van der Waals surface area contributed by atoms with Gasteiger partial charge in [-0.25, -0.2) is 0 Å². The maximum Gasteiger partial charge on any atom is 0.146 e. The Balaban J connectivity index is 0. The summed E-state index contributed by atoms with van der Waals surface area (Å²) < 4.78 is 0. The minimum absolute atomic E-state index is 0. The fourth-order valence-corrected chi connectivity index (χ4v) is 0. The molecule has 0 N–H and O–H groups in total. The molecule has 0 saturated heterocycles. The van der Waals surface area contributed by atoms with E-state index in [4.69, 9.17) is 0 Å². The average Bonchev–Trinajstić information content (AvgIpc) is 0. The Bertz CT molecular complexity index is 8.00. The molecule has 0 aromatic carbocycles. The van der Waals surface area contributed by atoms with Gasteiger partial charge in [-0.1, -0.05) is 0 Å². The summed E-state index contributed by atoms with van der Waals surface area (Å²) in [6, 6.07) is 0. The standard InChI is InChI=1S/Al.Ce.H3Si.Zr.2H/h;;1H3;;;. The van der Waals surface area contributed by atoms with E-state index in [0.29, 0.717) is 0 Å². The molecule has 0 bridgehead atoms. The van der Waals surface area contributed by atoms with Crippen LogP contribution in [0.5, 0.6) is 0 Å². The zero-order valence-electron chi connectivity index (χ0n) is 3.00. The molecule has 4 heteroatoms. The Kier molecular flexibility index (Phi) is 116. The molecule has 0 heterocycles. The van der Waals surface area contributed by atoms with Gasteiger partial charge in [-0.05, 0) is 11.0 Å². The van der Waals surface area contributed by atoms with E-state index in [1.54, 1.807) is 0 Å². The maximum atomic E-state index is 0. The monoisotopic (exact) mass is 290 g/mol. The molecule has 0 aliphatic carbocycles. The fraction of sp³-hybridized carbons (Fsp3) is 0. The van der Waals surface area contributed by atoms with Gasteiger partial charge in [0.05, 0.1) is 0 Å². The topological polar surface area (TPSA) is 0 Å². The van der Waals surface area contributed by atoms with Crippen LogP contribution in [0.4, 0.5) is 0 Å². The van der Waals surface area contributed by atoms with Gasteiger partial charge >= 0.3 is 0 Å². The summed E-state index contributed by atoms with van der Waals surface area (Å²) in [5.74, 6) is 0. The van der Waals surface area contributed by atoms with Gasteiger partial charge in [0.2, 0.25) is 0 Å². The second kappa shape index (κ2) is 16.7. The van der Waals surface area contributed by atoms with E-state index in [1.165, 1.54) is 0 Å². The summed E-state index contributed by atoms with van der Waals surface area (Å²) in [5, 5.41) is 0. The summed E-state index contributed by atoms with van der Waals surface area (Å²) in [5.41, 5.74) is 0. The third-order valence-corrected chi connectivity index (χ3v) is 0. The van der Waals surface area contributed by atoms with Crippen LogP contribution < -0.4 is 0 Å². The molecule has 0 unspecified atom stereocenters. The first kappa shape index (κ1) is 28.0. The zero-order chi connectivity index (χ0) is 0. The van der Waals surface area contributed by atoms with Crippen LogP contribution in [-0.4, -0.2) is 28.3 Å². The SMILES string of the molecule is [AlH2].[Ce].[SiH3].[Zr]. The number of hydrogen-bond donors (Lipinski definition) is 0. The van der Waals surface area contributed by atoms with Crippen LogP contribution in [0.15, 0.2) is 0 Å². The van der Waals surface area contributed by atoms with Gasteiger partial charge in [0, 0.05) is 68.0 Å². The van der Waals surface area contributed by atoms with Crippen molar-refractivity contribution in [2.45, 2.75) is 0 Å². The molecular weight excluding hydrogens is 286 g/mol. The molecule has 0 spiro atoms. The summed E-state index contributed by atoms with van der Waals surface area (Å²) in [6.07, 6.45) is 0. The molecular formula is H5AlCeSiZr. The van der Waals surface area contributed by atoms with E-state index in [-0.39, 0.29) is 96.3 Å². The van der Waals surface area contributed by atoms with Crippen LogP contribution in [0.3, 0.4) is 0 Å². The Morgan fingerprint density at radius 2 is 1.00 bits per heavy atom. The van der Waals surface area contributed by atoms with Gasteiger partial charge in [0.1, 0.15) is 17.4 Å². The maximum absolute atomic E-state index is 0. The normalized spacial score (nSPS) is 0. The van der Waals surface area contributed by atoms with Crippen LogP contribution in [0.2, 0.25) is 0 Å². The van der Waals surface area contributed by atoms with Crippen LogP contribution in [-0.2, 0) is 26.2 Å². The van der Waals surface area contributed by atoms with Crippen molar-refractivity contribution in [1.82, 2.24) is 0 Å². The first-order valence-corrected chi connectivity index (χ1v) is 0. The molecule has 0 fully saturated rings. The quantitative estimate of drug-likeness (QED) is 0.449. The number of rotatable bonds is 0. The molecule has 2 radical (unpaired) electrons. The molecule has 0 aromatic heterocycles. The zero-order valence-corrected chi connectivity index (χ0v) is 12.6. The molecule has 0 aliphatic rings. The van der Waals surface area contributed by atoms with Gasteiger partial charge in [0.15, 0.2) is 0 Å². The van der Waals surface area contributed by atoms with E-state index >= 15 is 0 Å². The Morgan fingerprint density at radius 3 is 1.00 bits per heavy atom. The second-order valence-electron chi connectivity index (χ2n) is 0. The average molecular weight is 291 g/mol. The molecule has 0 nitrogen and oxygen atoms in total. The summed E-state index contributed by atoms with van der Waals surface area (Å²) in [6.45, 7) is 0. The van der Waals surface area contributed by atoms with Gasteiger partial charge in [0.25, 0.3) is 0 Å². The van der Waals surface area contributed by atoms with E-state index in [9.17, 15) is 0 Å². The second-order valence-corrected chi connectivity index (χ2v) is 0. The van der Waals surface area contributed by atoms with Gasteiger partial charge in [-0.2, -0.15) is 0 Å². The van der Waals surface area contributed by atoms with Crippen molar-refractivity contribution in [2.24, 2.45) is 0 Å². The minimum Gasteiger partial charge on any atom is -0.0125 e. The van der Waals surface area contributed by atoms with Crippen molar-refractivity contribution < 1.29 is 68.0 Å². The van der Waals surface area contributed by atoms with Crippen molar-refractivity contribution in [3.63, 3.8) is 0 Å². The van der Waals surface area contributed by atoms with Crippen LogP contribution in [0.25, 0.3) is 0 Å². The summed E-state index contributed by atoms with van der Waals surface area (Å²) in [7, 11) is 0. The third kappa shape index (κ3) is 8.89. The van der Waals surface area contributed by atoms with E-state index in [1.807, 2.05) is 0 Å². The van der Waals surface area contributed by atoms with Crippen LogP contribution in [0, 0.1) is 41.7 Å². The van der Waals surface area contributed by atoms with Crippen LogP contribution in [0.1, 0.15) is 0 Å². The molecule has 20 valence electrons. The van der Waals surface area contributed by atoms with E-state index in [2.05, 4.69) is 0 Å². The first-order valence-electron chi connectivity index (χ1n) is 0. The minimum atomic E-state index is 0. The van der Waals surface area contributed by atoms with Gasteiger partial charge in [-0.15, -0.1) is 0 Å². The predicted molar refractivity (Wildman–Crippen MR) is 18.5 cm³/mol. The molecule has 0 amide bonds. The van der Waals surface area contributed by atoms with Crippen molar-refractivity contribution in [3.05, 3.63) is 0 Å². The smallest absolute Gasteiger partial charge is 0.0125 e. The molecule has 0 rings (SSSR count). The molecule has 0 aromatic rings. The largest absolute Gasteiger partial charge is 0.146 e.